The van der Waals surface area contributed by atoms with Crippen molar-refractivity contribution in [2.24, 2.45) is 4.99 Å². The topological polar surface area (TPSA) is 77.3 Å². The van der Waals surface area contributed by atoms with E-state index in [-0.39, 0.29) is 6.10 Å². The molecular weight excluding hydrogens is 382 g/mol. The second kappa shape index (κ2) is 12.2. The molecule has 1 aliphatic rings. The van der Waals surface area contributed by atoms with Crippen molar-refractivity contribution in [2.45, 2.75) is 45.4 Å². The third-order valence-corrected chi connectivity index (χ3v) is 4.92. The number of guanidine groups is 1. The van der Waals surface area contributed by atoms with Crippen molar-refractivity contribution in [3.05, 3.63) is 53.5 Å². The Labute approximate surface area is 178 Å². The van der Waals surface area contributed by atoms with Gasteiger partial charge in [0.25, 0.3) is 0 Å². The van der Waals surface area contributed by atoms with Gasteiger partial charge in [0.15, 0.2) is 5.96 Å². The second-order valence-corrected chi connectivity index (χ2v) is 7.40. The summed E-state index contributed by atoms with van der Waals surface area (Å²) in [5, 5.41) is 6.67. The molecule has 2 N–H and O–H groups in total. The molecule has 164 valence electrons. The lowest BCUT2D eigenvalue weighted by atomic mass is 10.1. The summed E-state index contributed by atoms with van der Waals surface area (Å²) in [4.78, 5) is 4.30. The van der Waals surface area contributed by atoms with Crippen LogP contribution in [0, 0.1) is 6.92 Å². The van der Waals surface area contributed by atoms with Gasteiger partial charge in [0.1, 0.15) is 24.7 Å². The van der Waals surface area contributed by atoms with E-state index in [0.717, 1.165) is 55.4 Å². The normalized spacial score (nSPS) is 16.6. The van der Waals surface area contributed by atoms with Crippen molar-refractivity contribution in [1.82, 2.24) is 10.6 Å². The van der Waals surface area contributed by atoms with Gasteiger partial charge in [-0.15, -0.1) is 0 Å². The Hall–Kier alpha value is -2.51. The number of nitrogens with one attached hydrogen (secondary N) is 2. The molecule has 0 amide bonds. The van der Waals surface area contributed by atoms with E-state index in [4.69, 9.17) is 18.6 Å². The minimum absolute atomic E-state index is 0.204. The van der Waals surface area contributed by atoms with Crippen LogP contribution in [0.4, 0.5) is 0 Å². The van der Waals surface area contributed by atoms with Crippen LogP contribution >= 0.6 is 0 Å². The number of aliphatic imine (C=N–C) groups is 1. The molecule has 2 aromatic rings. The highest BCUT2D eigenvalue weighted by Crippen LogP contribution is 2.22. The first-order chi connectivity index (χ1) is 14.7. The Bertz CT molecular complexity index is 771. The molecule has 7 nitrogen and oxygen atoms in total. The lowest BCUT2D eigenvalue weighted by molar-refractivity contribution is 0.0676. The zero-order chi connectivity index (χ0) is 21.0. The lowest BCUT2D eigenvalue weighted by Crippen LogP contribution is -2.37. The summed E-state index contributed by atoms with van der Waals surface area (Å²) in [6, 6.07) is 10.1. The predicted molar refractivity (Wildman–Crippen MR) is 117 cm³/mol. The number of furan rings is 1. The molecule has 1 aliphatic heterocycles. The van der Waals surface area contributed by atoms with Gasteiger partial charge in [0.05, 0.1) is 12.4 Å². The molecule has 1 fully saturated rings. The van der Waals surface area contributed by atoms with Crippen molar-refractivity contribution >= 4 is 5.96 Å². The smallest absolute Gasteiger partial charge is 0.191 e. The standard InChI is InChI=1S/C23H33N3O4/c1-18-8-9-19(22(14-18)30-17-21-7-4-13-29-21)15-26-23(24-2)25-10-5-11-27-16-20-6-3-12-28-20/h3,6,8-9,12,14,21H,4-5,7,10-11,13,15-17H2,1-2H3,(H2,24,25,26). The maximum absolute atomic E-state index is 6.07. The van der Waals surface area contributed by atoms with Gasteiger partial charge in [0, 0.05) is 38.9 Å². The van der Waals surface area contributed by atoms with Gasteiger partial charge in [-0.2, -0.15) is 0 Å². The Morgan fingerprint density at radius 3 is 2.97 bits per heavy atom. The Morgan fingerprint density at radius 1 is 1.27 bits per heavy atom. The molecule has 0 spiro atoms. The van der Waals surface area contributed by atoms with Crippen LogP contribution in [0.1, 0.15) is 36.1 Å². The molecule has 1 saturated heterocycles. The highest BCUT2D eigenvalue weighted by Gasteiger charge is 2.17. The van der Waals surface area contributed by atoms with Gasteiger partial charge in [-0.25, -0.2) is 0 Å². The van der Waals surface area contributed by atoms with E-state index in [1.54, 1.807) is 13.3 Å². The fraction of sp³-hybridized carbons (Fsp3) is 0.522. The SMILES string of the molecule is CN=C(NCCCOCc1ccco1)NCc1ccc(C)cc1OCC1CCCO1. The first kappa shape index (κ1) is 22.2. The highest BCUT2D eigenvalue weighted by molar-refractivity contribution is 5.79. The molecule has 0 radical (unpaired) electrons. The molecule has 0 bridgehead atoms. The van der Waals surface area contributed by atoms with Crippen molar-refractivity contribution in [2.75, 3.05) is 33.4 Å². The molecule has 1 unspecified atom stereocenters. The quantitative estimate of drug-likeness (QED) is 0.333. The summed E-state index contributed by atoms with van der Waals surface area (Å²) in [6.45, 7) is 6.08. The van der Waals surface area contributed by atoms with Gasteiger partial charge < -0.3 is 29.3 Å². The van der Waals surface area contributed by atoms with Gasteiger partial charge in [0.2, 0.25) is 0 Å². The molecule has 1 aromatic carbocycles. The molecule has 0 aliphatic carbocycles. The van der Waals surface area contributed by atoms with Crippen LogP contribution in [0.15, 0.2) is 46.0 Å². The van der Waals surface area contributed by atoms with Crippen LogP contribution in [-0.2, 0) is 22.6 Å². The summed E-state index contributed by atoms with van der Waals surface area (Å²) in [5.74, 6) is 2.50. The molecular formula is C23H33N3O4. The van der Waals surface area contributed by atoms with E-state index < -0.39 is 0 Å². The van der Waals surface area contributed by atoms with Crippen LogP contribution in [0.2, 0.25) is 0 Å². The van der Waals surface area contributed by atoms with Gasteiger partial charge >= 0.3 is 0 Å². The van der Waals surface area contributed by atoms with E-state index in [0.29, 0.717) is 26.4 Å². The zero-order valence-corrected chi connectivity index (χ0v) is 18.0. The first-order valence-electron chi connectivity index (χ1n) is 10.6. The van der Waals surface area contributed by atoms with E-state index in [1.165, 1.54) is 5.56 Å². The van der Waals surface area contributed by atoms with Crippen LogP contribution in [-0.4, -0.2) is 45.5 Å². The van der Waals surface area contributed by atoms with E-state index in [2.05, 4.69) is 40.7 Å². The summed E-state index contributed by atoms with van der Waals surface area (Å²) in [7, 11) is 1.77. The van der Waals surface area contributed by atoms with Crippen molar-refractivity contribution in [3.8, 4) is 5.75 Å². The number of hydrogen-bond donors (Lipinski definition) is 2. The van der Waals surface area contributed by atoms with E-state index in [9.17, 15) is 0 Å². The predicted octanol–water partition coefficient (Wildman–Crippen LogP) is 3.42. The summed E-state index contributed by atoms with van der Waals surface area (Å²) in [6.07, 6.45) is 4.92. The lowest BCUT2D eigenvalue weighted by Gasteiger charge is -2.17. The van der Waals surface area contributed by atoms with Crippen LogP contribution in [0.5, 0.6) is 5.75 Å². The average Bonchev–Trinajstić information content (AvgIpc) is 3.46. The Balaban J connectivity index is 1.38. The zero-order valence-electron chi connectivity index (χ0n) is 18.0. The summed E-state index contributed by atoms with van der Waals surface area (Å²) >= 11 is 0. The fourth-order valence-electron chi connectivity index (χ4n) is 3.25. The number of aryl methyl sites for hydroxylation is 1. The number of rotatable bonds is 11. The van der Waals surface area contributed by atoms with E-state index in [1.807, 2.05) is 12.1 Å². The number of nitrogens with zero attached hydrogens (tertiary/aromatic N) is 1. The minimum atomic E-state index is 0.204. The minimum Gasteiger partial charge on any atom is -0.491 e. The van der Waals surface area contributed by atoms with Crippen LogP contribution in [0.25, 0.3) is 0 Å². The highest BCUT2D eigenvalue weighted by atomic mass is 16.5. The largest absolute Gasteiger partial charge is 0.491 e. The molecule has 2 heterocycles. The molecule has 30 heavy (non-hydrogen) atoms. The number of ether oxygens (including phenoxy) is 3. The third kappa shape index (κ3) is 7.39. The number of hydrogen-bond acceptors (Lipinski definition) is 5. The maximum atomic E-state index is 6.07. The van der Waals surface area contributed by atoms with Crippen molar-refractivity contribution in [1.29, 1.82) is 0 Å². The van der Waals surface area contributed by atoms with E-state index >= 15 is 0 Å². The third-order valence-electron chi connectivity index (χ3n) is 4.92. The summed E-state index contributed by atoms with van der Waals surface area (Å²) < 4.78 is 22.6. The molecule has 1 atom stereocenters. The molecule has 7 heteroatoms. The Morgan fingerprint density at radius 2 is 2.20 bits per heavy atom. The van der Waals surface area contributed by atoms with Crippen LogP contribution in [0.3, 0.4) is 0 Å². The maximum Gasteiger partial charge on any atom is 0.191 e. The fourth-order valence-corrected chi connectivity index (χ4v) is 3.25. The van der Waals surface area contributed by atoms with Gasteiger partial charge in [-0.05, 0) is 49.9 Å². The first-order valence-corrected chi connectivity index (χ1v) is 10.6. The van der Waals surface area contributed by atoms with Gasteiger partial charge in [-0.1, -0.05) is 12.1 Å². The second-order valence-electron chi connectivity index (χ2n) is 7.40. The molecule has 1 aromatic heterocycles. The molecule has 3 rings (SSSR count). The van der Waals surface area contributed by atoms with Crippen LogP contribution < -0.4 is 15.4 Å². The molecule has 0 saturated carbocycles. The van der Waals surface area contributed by atoms with Crippen molar-refractivity contribution < 1.29 is 18.6 Å². The van der Waals surface area contributed by atoms with Gasteiger partial charge in [-0.3, -0.25) is 4.99 Å². The monoisotopic (exact) mass is 415 g/mol. The van der Waals surface area contributed by atoms with Crippen molar-refractivity contribution in [3.63, 3.8) is 0 Å². The number of benzene rings is 1. The Kier molecular flexibility index (Phi) is 9.05. The summed E-state index contributed by atoms with van der Waals surface area (Å²) in [5.41, 5.74) is 2.28. The average molecular weight is 416 g/mol.